The first-order valence-corrected chi connectivity index (χ1v) is 8.76. The Balaban J connectivity index is 1.58. The third-order valence-corrected chi connectivity index (χ3v) is 6.46. The Morgan fingerprint density at radius 3 is 2.10 bits per heavy atom. The van der Waals surface area contributed by atoms with E-state index in [4.69, 9.17) is 9.31 Å². The van der Waals surface area contributed by atoms with Crippen LogP contribution in [0.2, 0.25) is 0 Å². The average molecular weight is 304 g/mol. The van der Waals surface area contributed by atoms with Crippen molar-refractivity contribution >= 4 is 18.9 Å². The van der Waals surface area contributed by atoms with Gasteiger partial charge in [0.1, 0.15) is 0 Å². The molecular formula is C17H25BO2S. The molecule has 4 heteroatoms. The normalized spacial score (nSPS) is 29.7. The van der Waals surface area contributed by atoms with Gasteiger partial charge in [-0.25, -0.2) is 0 Å². The monoisotopic (exact) mass is 304 g/mol. The molecule has 0 bridgehead atoms. The van der Waals surface area contributed by atoms with E-state index in [1.165, 1.54) is 16.9 Å². The van der Waals surface area contributed by atoms with Gasteiger partial charge in [0, 0.05) is 16.5 Å². The summed E-state index contributed by atoms with van der Waals surface area (Å²) in [4.78, 5) is 1.38. The third-order valence-electron chi connectivity index (χ3n) is 4.95. The van der Waals surface area contributed by atoms with Crippen LogP contribution in [0, 0.1) is 5.92 Å². The van der Waals surface area contributed by atoms with Crippen LogP contribution < -0.4 is 0 Å². The van der Waals surface area contributed by atoms with Crippen molar-refractivity contribution in [2.24, 2.45) is 5.92 Å². The second kappa shape index (κ2) is 5.33. The molecule has 1 heterocycles. The molecule has 1 saturated carbocycles. The zero-order chi connectivity index (χ0) is 15.3. The molecule has 2 aliphatic rings. The van der Waals surface area contributed by atoms with Crippen molar-refractivity contribution in [2.45, 2.75) is 68.7 Å². The van der Waals surface area contributed by atoms with Crippen molar-refractivity contribution in [2.75, 3.05) is 0 Å². The maximum absolute atomic E-state index is 6.06. The Morgan fingerprint density at radius 2 is 1.62 bits per heavy atom. The van der Waals surface area contributed by atoms with E-state index < -0.39 is 0 Å². The average Bonchev–Trinajstić information content (AvgIpc) is 3.00. The van der Waals surface area contributed by atoms with Gasteiger partial charge >= 0.3 is 7.12 Å². The number of benzene rings is 1. The van der Waals surface area contributed by atoms with Crippen molar-refractivity contribution in [1.82, 2.24) is 0 Å². The fraction of sp³-hybridized carbons (Fsp3) is 0.647. The van der Waals surface area contributed by atoms with Crippen LogP contribution in [0.5, 0.6) is 0 Å². The zero-order valence-corrected chi connectivity index (χ0v) is 14.5. The maximum atomic E-state index is 6.06. The third kappa shape index (κ3) is 3.33. The molecule has 2 fully saturated rings. The van der Waals surface area contributed by atoms with Crippen molar-refractivity contribution < 1.29 is 9.31 Å². The smallest absolute Gasteiger partial charge is 0.403 e. The molecule has 1 aliphatic carbocycles. The van der Waals surface area contributed by atoms with Crippen LogP contribution >= 0.6 is 11.8 Å². The highest BCUT2D eigenvalue weighted by Gasteiger charge is 2.50. The molecule has 1 aromatic rings. The number of hydrogen-bond acceptors (Lipinski definition) is 3. The van der Waals surface area contributed by atoms with E-state index in [1.807, 2.05) is 11.8 Å². The molecule has 1 saturated heterocycles. The number of rotatable bonds is 4. The van der Waals surface area contributed by atoms with Gasteiger partial charge in [-0.15, -0.1) is 11.8 Å². The minimum atomic E-state index is -0.241. The predicted octanol–water partition coefficient (Wildman–Crippen LogP) is 4.36. The van der Waals surface area contributed by atoms with Gasteiger partial charge < -0.3 is 9.31 Å². The molecule has 0 amide bonds. The lowest BCUT2D eigenvalue weighted by Gasteiger charge is -2.32. The summed E-state index contributed by atoms with van der Waals surface area (Å²) >= 11 is 2.01. The molecule has 1 aliphatic heterocycles. The van der Waals surface area contributed by atoms with Gasteiger partial charge in [-0.1, -0.05) is 19.1 Å². The first kappa shape index (κ1) is 15.5. The standard InChI is InChI=1S/C17H25BO2S/c1-12-10-15(12)21-14-8-6-13(7-9-14)11-18-19-16(2,3)17(4,5)20-18/h6-9,12,15H,10-11H2,1-5H3/t12?,15-/m0/s1. The Morgan fingerprint density at radius 1 is 1.10 bits per heavy atom. The Hall–Kier alpha value is -0.445. The van der Waals surface area contributed by atoms with E-state index >= 15 is 0 Å². The molecule has 114 valence electrons. The van der Waals surface area contributed by atoms with E-state index in [0.717, 1.165) is 17.5 Å². The molecule has 0 N–H and O–H groups in total. The lowest BCUT2D eigenvalue weighted by atomic mass is 9.81. The largest absolute Gasteiger partial charge is 0.462 e. The van der Waals surface area contributed by atoms with Crippen LogP contribution in [-0.4, -0.2) is 23.6 Å². The van der Waals surface area contributed by atoms with Gasteiger partial charge in [0.2, 0.25) is 0 Å². The summed E-state index contributed by atoms with van der Waals surface area (Å²) in [5.41, 5.74) is 0.798. The highest BCUT2D eigenvalue weighted by molar-refractivity contribution is 8.00. The maximum Gasteiger partial charge on any atom is 0.462 e. The molecule has 3 rings (SSSR count). The highest BCUT2D eigenvalue weighted by Crippen LogP contribution is 2.44. The molecule has 1 unspecified atom stereocenters. The summed E-state index contributed by atoms with van der Waals surface area (Å²) in [6, 6.07) is 8.88. The topological polar surface area (TPSA) is 18.5 Å². The summed E-state index contributed by atoms with van der Waals surface area (Å²) < 4.78 is 12.1. The summed E-state index contributed by atoms with van der Waals surface area (Å²) in [5.74, 6) is 0.888. The summed E-state index contributed by atoms with van der Waals surface area (Å²) in [5, 5.41) is 0.832. The number of hydrogen-bond donors (Lipinski definition) is 0. The van der Waals surface area contributed by atoms with Crippen LogP contribution in [0.25, 0.3) is 0 Å². The molecule has 0 spiro atoms. The molecule has 21 heavy (non-hydrogen) atoms. The fourth-order valence-electron chi connectivity index (χ4n) is 2.57. The minimum absolute atomic E-state index is 0.142. The molecule has 1 aromatic carbocycles. The van der Waals surface area contributed by atoms with Crippen molar-refractivity contribution in [3.05, 3.63) is 29.8 Å². The van der Waals surface area contributed by atoms with Crippen LogP contribution in [0.4, 0.5) is 0 Å². The van der Waals surface area contributed by atoms with Gasteiger partial charge in [0.05, 0.1) is 11.2 Å². The predicted molar refractivity (Wildman–Crippen MR) is 89.7 cm³/mol. The SMILES string of the molecule is CC1C[C@@H]1Sc1ccc(CB2OC(C)(C)C(C)(C)O2)cc1. The summed E-state index contributed by atoms with van der Waals surface area (Å²) in [7, 11) is -0.142. The van der Waals surface area contributed by atoms with Crippen molar-refractivity contribution in [1.29, 1.82) is 0 Å². The van der Waals surface area contributed by atoms with E-state index in [9.17, 15) is 0 Å². The highest BCUT2D eigenvalue weighted by atomic mass is 32.2. The first-order chi connectivity index (χ1) is 9.77. The van der Waals surface area contributed by atoms with Gasteiger partial charge in [0.15, 0.2) is 0 Å². The van der Waals surface area contributed by atoms with Gasteiger partial charge in [-0.05, 0) is 57.7 Å². The molecule has 2 nitrogen and oxygen atoms in total. The van der Waals surface area contributed by atoms with Gasteiger partial charge in [0.25, 0.3) is 0 Å². The lowest BCUT2D eigenvalue weighted by Crippen LogP contribution is -2.41. The number of thioether (sulfide) groups is 1. The summed E-state index contributed by atoms with van der Waals surface area (Å²) in [6.45, 7) is 10.7. The van der Waals surface area contributed by atoms with Gasteiger partial charge in [-0.2, -0.15) is 0 Å². The first-order valence-electron chi connectivity index (χ1n) is 7.88. The van der Waals surface area contributed by atoms with Crippen LogP contribution in [0.1, 0.15) is 46.6 Å². The fourth-order valence-corrected chi connectivity index (χ4v) is 3.85. The van der Waals surface area contributed by atoms with Gasteiger partial charge in [-0.3, -0.25) is 0 Å². The molecule has 0 radical (unpaired) electrons. The quantitative estimate of drug-likeness (QED) is 0.770. The molecular weight excluding hydrogens is 279 g/mol. The molecule has 0 aromatic heterocycles. The van der Waals surface area contributed by atoms with E-state index in [0.29, 0.717) is 0 Å². The molecule has 2 atom stereocenters. The minimum Gasteiger partial charge on any atom is -0.403 e. The van der Waals surface area contributed by atoms with E-state index in [-0.39, 0.29) is 18.3 Å². The van der Waals surface area contributed by atoms with Crippen molar-refractivity contribution in [3.63, 3.8) is 0 Å². The Labute approximate surface area is 133 Å². The van der Waals surface area contributed by atoms with E-state index in [2.05, 4.69) is 58.9 Å². The zero-order valence-electron chi connectivity index (χ0n) is 13.7. The Kier molecular flexibility index (Phi) is 3.92. The van der Waals surface area contributed by atoms with Crippen LogP contribution in [-0.2, 0) is 15.6 Å². The Bertz CT molecular complexity index is 496. The second-order valence-corrected chi connectivity index (χ2v) is 8.72. The lowest BCUT2D eigenvalue weighted by molar-refractivity contribution is 0.00578. The van der Waals surface area contributed by atoms with Crippen molar-refractivity contribution in [3.8, 4) is 0 Å². The van der Waals surface area contributed by atoms with Crippen LogP contribution in [0.3, 0.4) is 0 Å². The summed E-state index contributed by atoms with van der Waals surface area (Å²) in [6.07, 6.45) is 2.18. The second-order valence-electron chi connectivity index (χ2n) is 7.40. The van der Waals surface area contributed by atoms with Crippen LogP contribution in [0.15, 0.2) is 29.2 Å². The van der Waals surface area contributed by atoms with E-state index in [1.54, 1.807) is 0 Å².